The first-order chi connectivity index (χ1) is 13.0. The van der Waals surface area contributed by atoms with Gasteiger partial charge in [0.2, 0.25) is 0 Å². The van der Waals surface area contributed by atoms with E-state index >= 15 is 0 Å². The van der Waals surface area contributed by atoms with E-state index in [-0.39, 0.29) is 17.2 Å². The van der Waals surface area contributed by atoms with Crippen LogP contribution in [0.1, 0.15) is 58.4 Å². The molecular weight excluding hydrogens is 356 g/mol. The fourth-order valence-electron chi connectivity index (χ4n) is 4.18. The highest BCUT2D eigenvalue weighted by molar-refractivity contribution is 8.18. The van der Waals surface area contributed by atoms with Gasteiger partial charge in [0, 0.05) is 24.8 Å². The van der Waals surface area contributed by atoms with Gasteiger partial charge in [0.1, 0.15) is 0 Å². The van der Waals surface area contributed by atoms with Crippen molar-refractivity contribution in [2.75, 3.05) is 18.0 Å². The summed E-state index contributed by atoms with van der Waals surface area (Å²) in [6.07, 6.45) is 7.78. The van der Waals surface area contributed by atoms with Crippen molar-refractivity contribution >= 4 is 34.7 Å². The Labute approximate surface area is 167 Å². The molecule has 5 heteroatoms. The van der Waals surface area contributed by atoms with E-state index in [2.05, 4.69) is 30.9 Å². The third-order valence-corrected chi connectivity index (χ3v) is 6.77. The van der Waals surface area contributed by atoms with Gasteiger partial charge in [-0.25, -0.2) is 0 Å². The number of imide groups is 1. The smallest absolute Gasteiger partial charge is 0.293 e. The minimum absolute atomic E-state index is 0.00579. The Morgan fingerprint density at radius 3 is 2.33 bits per heavy atom. The summed E-state index contributed by atoms with van der Waals surface area (Å²) in [5.41, 5.74) is 2.14. The topological polar surface area (TPSA) is 40.6 Å². The average molecular weight is 387 g/mol. The molecule has 1 saturated carbocycles. The second-order valence-corrected chi connectivity index (χ2v) is 8.45. The first-order valence-corrected chi connectivity index (χ1v) is 11.0. The van der Waals surface area contributed by atoms with E-state index in [1.54, 1.807) is 0 Å². The summed E-state index contributed by atoms with van der Waals surface area (Å²) in [6.45, 7) is 8.25. The van der Waals surface area contributed by atoms with Crippen LogP contribution >= 0.6 is 11.8 Å². The van der Waals surface area contributed by atoms with Crippen LogP contribution in [0.2, 0.25) is 0 Å². The molecule has 27 heavy (non-hydrogen) atoms. The minimum Gasteiger partial charge on any atom is -0.372 e. The fraction of sp³-hybridized carbons (Fsp3) is 0.545. The molecule has 1 aliphatic heterocycles. The normalized spacial score (nSPS) is 21.1. The highest BCUT2D eigenvalue weighted by Crippen LogP contribution is 2.38. The van der Waals surface area contributed by atoms with E-state index in [1.165, 1.54) is 29.8 Å². The third-order valence-electron chi connectivity index (χ3n) is 5.88. The van der Waals surface area contributed by atoms with E-state index in [1.807, 2.05) is 25.1 Å². The molecule has 1 heterocycles. The van der Waals surface area contributed by atoms with Gasteiger partial charge in [-0.2, -0.15) is 0 Å². The first kappa shape index (κ1) is 20.0. The summed E-state index contributed by atoms with van der Waals surface area (Å²) in [6, 6.07) is 8.19. The lowest BCUT2D eigenvalue weighted by Crippen LogP contribution is -2.42. The van der Waals surface area contributed by atoms with Crippen LogP contribution in [0, 0.1) is 5.92 Å². The molecule has 2 amide bonds. The molecule has 0 bridgehead atoms. The molecule has 0 aromatic heterocycles. The molecule has 0 spiro atoms. The predicted molar refractivity (Wildman–Crippen MR) is 114 cm³/mol. The number of thioether (sulfide) groups is 1. The van der Waals surface area contributed by atoms with Crippen LogP contribution in [-0.2, 0) is 4.79 Å². The molecule has 146 valence electrons. The molecule has 4 nitrogen and oxygen atoms in total. The second kappa shape index (κ2) is 8.96. The van der Waals surface area contributed by atoms with Gasteiger partial charge in [0.05, 0.1) is 4.91 Å². The Bertz CT molecular complexity index is 704. The summed E-state index contributed by atoms with van der Waals surface area (Å²) in [7, 11) is 0. The van der Waals surface area contributed by atoms with Crippen LogP contribution in [-0.4, -0.2) is 35.2 Å². The van der Waals surface area contributed by atoms with E-state index < -0.39 is 0 Å². The molecule has 1 unspecified atom stereocenters. The number of benzene rings is 1. The van der Waals surface area contributed by atoms with Crippen LogP contribution in [0.5, 0.6) is 0 Å². The number of carbonyl (C=O) groups is 2. The highest BCUT2D eigenvalue weighted by atomic mass is 32.2. The molecule has 1 atom stereocenters. The number of amides is 2. The summed E-state index contributed by atoms with van der Waals surface area (Å²) >= 11 is 1.08. The molecule has 1 aromatic rings. The average Bonchev–Trinajstić information content (AvgIpc) is 2.97. The van der Waals surface area contributed by atoms with Crippen molar-refractivity contribution in [3.63, 3.8) is 0 Å². The Hall–Kier alpha value is -1.75. The van der Waals surface area contributed by atoms with E-state index in [4.69, 9.17) is 0 Å². The molecule has 1 saturated heterocycles. The van der Waals surface area contributed by atoms with Crippen LogP contribution in [0.3, 0.4) is 0 Å². The zero-order valence-corrected chi connectivity index (χ0v) is 17.4. The van der Waals surface area contributed by atoms with Gasteiger partial charge in [-0.1, -0.05) is 31.4 Å². The van der Waals surface area contributed by atoms with Gasteiger partial charge in [-0.3, -0.25) is 14.5 Å². The highest BCUT2D eigenvalue weighted by Gasteiger charge is 2.40. The van der Waals surface area contributed by atoms with Gasteiger partial charge >= 0.3 is 0 Å². The Morgan fingerprint density at radius 2 is 1.74 bits per heavy atom. The molecule has 1 aromatic carbocycles. The Kier molecular flexibility index (Phi) is 6.64. The maximum atomic E-state index is 12.9. The lowest BCUT2D eigenvalue weighted by atomic mass is 9.84. The molecule has 1 aliphatic carbocycles. The van der Waals surface area contributed by atoms with Crippen LogP contribution in [0.4, 0.5) is 10.5 Å². The number of nitrogens with zero attached hydrogens (tertiary/aromatic N) is 2. The molecule has 3 rings (SSSR count). The zero-order chi connectivity index (χ0) is 19.4. The SMILES string of the molecule is CCN(CC)c1ccc(/C=C2\SC(=O)N(C(C)C3CCCCC3)C2=O)cc1. The number of hydrogen-bond donors (Lipinski definition) is 0. The second-order valence-electron chi connectivity index (χ2n) is 7.45. The van der Waals surface area contributed by atoms with Crippen LogP contribution in [0.25, 0.3) is 6.08 Å². The van der Waals surface area contributed by atoms with Crippen molar-refractivity contribution in [2.24, 2.45) is 5.92 Å². The molecule has 0 radical (unpaired) electrons. The molecule has 0 N–H and O–H groups in total. The molecule has 2 fully saturated rings. The Balaban J connectivity index is 1.73. The van der Waals surface area contributed by atoms with E-state index in [0.29, 0.717) is 10.8 Å². The lowest BCUT2D eigenvalue weighted by Gasteiger charge is -2.32. The van der Waals surface area contributed by atoms with Crippen molar-refractivity contribution in [3.05, 3.63) is 34.7 Å². The van der Waals surface area contributed by atoms with Crippen LogP contribution in [0.15, 0.2) is 29.2 Å². The quantitative estimate of drug-likeness (QED) is 0.602. The van der Waals surface area contributed by atoms with Gasteiger partial charge in [0.15, 0.2) is 0 Å². The number of hydrogen-bond acceptors (Lipinski definition) is 4. The number of rotatable bonds is 6. The van der Waals surface area contributed by atoms with Crippen molar-refractivity contribution in [1.29, 1.82) is 0 Å². The summed E-state index contributed by atoms with van der Waals surface area (Å²) in [4.78, 5) is 29.7. The molecule has 2 aliphatic rings. The lowest BCUT2D eigenvalue weighted by molar-refractivity contribution is -0.125. The van der Waals surface area contributed by atoms with Crippen LogP contribution < -0.4 is 4.90 Å². The number of anilines is 1. The van der Waals surface area contributed by atoms with E-state index in [9.17, 15) is 9.59 Å². The maximum absolute atomic E-state index is 12.9. The monoisotopic (exact) mass is 386 g/mol. The minimum atomic E-state index is -0.129. The number of carbonyl (C=O) groups excluding carboxylic acids is 2. The first-order valence-electron chi connectivity index (χ1n) is 10.2. The summed E-state index contributed by atoms with van der Waals surface area (Å²) in [5, 5.41) is -0.121. The summed E-state index contributed by atoms with van der Waals surface area (Å²) in [5.74, 6) is 0.316. The predicted octanol–water partition coefficient (Wildman–Crippen LogP) is 5.54. The zero-order valence-electron chi connectivity index (χ0n) is 16.6. The van der Waals surface area contributed by atoms with Crippen molar-refractivity contribution in [2.45, 2.75) is 58.9 Å². The standard InChI is InChI=1S/C22H30N2O2S/c1-4-23(5-2)19-13-11-17(12-14-19)15-20-21(25)24(22(26)27-20)16(3)18-9-7-6-8-10-18/h11-16,18H,4-10H2,1-3H3/b20-15-. The van der Waals surface area contributed by atoms with E-state index in [0.717, 1.165) is 43.3 Å². The van der Waals surface area contributed by atoms with Gasteiger partial charge in [-0.15, -0.1) is 0 Å². The largest absolute Gasteiger partial charge is 0.372 e. The van der Waals surface area contributed by atoms with Gasteiger partial charge in [-0.05, 0) is 75.1 Å². The van der Waals surface area contributed by atoms with Gasteiger partial charge in [0.25, 0.3) is 11.1 Å². The maximum Gasteiger partial charge on any atom is 0.293 e. The fourth-order valence-corrected chi connectivity index (χ4v) is 5.10. The molecular formula is C22H30N2O2S. The van der Waals surface area contributed by atoms with Crippen molar-refractivity contribution < 1.29 is 9.59 Å². The van der Waals surface area contributed by atoms with Crippen molar-refractivity contribution in [1.82, 2.24) is 4.90 Å². The van der Waals surface area contributed by atoms with Crippen molar-refractivity contribution in [3.8, 4) is 0 Å². The summed E-state index contributed by atoms with van der Waals surface area (Å²) < 4.78 is 0. The Morgan fingerprint density at radius 1 is 1.11 bits per heavy atom. The third kappa shape index (κ3) is 4.40. The van der Waals surface area contributed by atoms with Gasteiger partial charge < -0.3 is 4.90 Å².